The van der Waals surface area contributed by atoms with Crippen molar-refractivity contribution in [3.05, 3.63) is 18.1 Å². The van der Waals surface area contributed by atoms with Crippen molar-refractivity contribution in [1.82, 2.24) is 15.0 Å². The number of hydrogen-bond donors (Lipinski definition) is 3. The van der Waals surface area contributed by atoms with Crippen molar-refractivity contribution in [3.63, 3.8) is 0 Å². The van der Waals surface area contributed by atoms with Gasteiger partial charge in [-0.1, -0.05) is 0 Å². The normalized spacial score (nSPS) is 13.2. The molecule has 7 nitrogen and oxygen atoms in total. The van der Waals surface area contributed by atoms with Crippen LogP contribution in [0.1, 0.15) is 18.5 Å². The Balaban J connectivity index is 2.19. The minimum absolute atomic E-state index is 0.238. The van der Waals surface area contributed by atoms with Gasteiger partial charge in [-0.2, -0.15) is 0 Å². The first kappa shape index (κ1) is 14.3. The Kier molecular flexibility index (Phi) is 4.54. The van der Waals surface area contributed by atoms with Crippen LogP contribution in [0.25, 0.3) is 11.0 Å². The minimum atomic E-state index is -0.707. The third-order valence-electron chi connectivity index (χ3n) is 2.89. The van der Waals surface area contributed by atoms with E-state index in [1.165, 1.54) is 6.33 Å². The van der Waals surface area contributed by atoms with Crippen molar-refractivity contribution in [3.8, 4) is 0 Å². The number of anilines is 1. The molecule has 0 radical (unpaired) electrons. The zero-order valence-corrected chi connectivity index (χ0v) is 11.2. The summed E-state index contributed by atoms with van der Waals surface area (Å²) in [5, 5.41) is 18.6. The van der Waals surface area contributed by atoms with Gasteiger partial charge in [-0.15, -0.1) is 0 Å². The third-order valence-corrected chi connectivity index (χ3v) is 2.89. The number of aliphatic hydroxyl groups is 2. The van der Waals surface area contributed by atoms with Gasteiger partial charge in [0.15, 0.2) is 5.65 Å². The molecule has 2 aromatic rings. The highest BCUT2D eigenvalue weighted by atomic mass is 16.3. The Morgan fingerprint density at radius 3 is 3.00 bits per heavy atom. The molecular formula is C13H17N5O2. The molecule has 0 aromatic carbocycles. The fourth-order valence-electron chi connectivity index (χ4n) is 1.74. The predicted molar refractivity (Wildman–Crippen MR) is 77.0 cm³/mol. The molecule has 2 heterocycles. The van der Waals surface area contributed by atoms with Crippen LogP contribution in [0.3, 0.4) is 0 Å². The maximum absolute atomic E-state index is 9.23. The zero-order valence-electron chi connectivity index (χ0n) is 11.2. The number of nitrogens with two attached hydrogens (primary N) is 1. The molecule has 20 heavy (non-hydrogen) atoms. The first-order valence-corrected chi connectivity index (χ1v) is 6.31. The summed E-state index contributed by atoms with van der Waals surface area (Å²) in [5.74, 6) is 0.370. The minimum Gasteiger partial charge on any atom is -0.394 e. The van der Waals surface area contributed by atoms with E-state index in [9.17, 15) is 5.11 Å². The molecule has 0 unspecified atom stereocenters. The highest BCUT2D eigenvalue weighted by molar-refractivity contribution is 5.88. The molecule has 0 fully saturated rings. The molecular weight excluding hydrogens is 258 g/mol. The van der Waals surface area contributed by atoms with Crippen molar-refractivity contribution in [1.29, 1.82) is 0 Å². The first-order valence-electron chi connectivity index (χ1n) is 6.31. The van der Waals surface area contributed by atoms with Crippen molar-refractivity contribution in [2.75, 3.05) is 12.3 Å². The van der Waals surface area contributed by atoms with Gasteiger partial charge in [-0.3, -0.25) is 4.99 Å². The summed E-state index contributed by atoms with van der Waals surface area (Å²) >= 11 is 0. The molecule has 2 rings (SSSR count). The average Bonchev–Trinajstić information content (AvgIpc) is 2.44. The summed E-state index contributed by atoms with van der Waals surface area (Å²) in [6, 6.07) is 1.80. The monoisotopic (exact) mass is 275 g/mol. The van der Waals surface area contributed by atoms with Gasteiger partial charge in [0, 0.05) is 6.21 Å². The van der Waals surface area contributed by atoms with Crippen LogP contribution in [0.4, 0.5) is 11.5 Å². The lowest BCUT2D eigenvalue weighted by Crippen LogP contribution is -2.11. The van der Waals surface area contributed by atoms with Crippen LogP contribution in [0.15, 0.2) is 17.4 Å². The second kappa shape index (κ2) is 6.36. The van der Waals surface area contributed by atoms with Gasteiger partial charge in [0.2, 0.25) is 0 Å². The van der Waals surface area contributed by atoms with Crippen LogP contribution in [-0.4, -0.2) is 44.1 Å². The van der Waals surface area contributed by atoms with Gasteiger partial charge < -0.3 is 15.9 Å². The lowest BCUT2D eigenvalue weighted by molar-refractivity contribution is 0.0902. The number of aromatic nitrogens is 3. The van der Waals surface area contributed by atoms with E-state index in [0.717, 1.165) is 5.69 Å². The predicted octanol–water partition coefficient (Wildman–Crippen LogP) is 0.751. The summed E-state index contributed by atoms with van der Waals surface area (Å²) in [6.07, 6.45) is 3.39. The SMILES string of the molecule is Cc1nc2ncnc(N)c2cc1N=CCC[C@H](O)CO. The Morgan fingerprint density at radius 1 is 1.45 bits per heavy atom. The van der Waals surface area contributed by atoms with E-state index in [2.05, 4.69) is 19.9 Å². The van der Waals surface area contributed by atoms with Gasteiger partial charge in [-0.25, -0.2) is 15.0 Å². The molecule has 106 valence electrons. The molecule has 4 N–H and O–H groups in total. The van der Waals surface area contributed by atoms with Crippen molar-refractivity contribution >= 4 is 28.8 Å². The van der Waals surface area contributed by atoms with Gasteiger partial charge >= 0.3 is 0 Å². The van der Waals surface area contributed by atoms with Gasteiger partial charge in [-0.05, 0) is 25.8 Å². The molecule has 7 heteroatoms. The second-order valence-corrected chi connectivity index (χ2v) is 4.45. The molecule has 0 aliphatic rings. The molecule has 0 saturated heterocycles. The van der Waals surface area contributed by atoms with Crippen LogP contribution in [0, 0.1) is 6.92 Å². The van der Waals surface area contributed by atoms with Crippen LogP contribution in [0.2, 0.25) is 0 Å². The number of rotatable bonds is 5. The highest BCUT2D eigenvalue weighted by Gasteiger charge is 2.06. The maximum atomic E-state index is 9.23. The van der Waals surface area contributed by atoms with Crippen LogP contribution in [-0.2, 0) is 0 Å². The number of nitrogen functional groups attached to an aromatic ring is 1. The molecule has 2 aromatic heterocycles. The van der Waals surface area contributed by atoms with E-state index in [1.807, 2.05) is 6.92 Å². The van der Waals surface area contributed by atoms with E-state index in [-0.39, 0.29) is 6.61 Å². The molecule has 1 atom stereocenters. The van der Waals surface area contributed by atoms with E-state index in [4.69, 9.17) is 10.8 Å². The summed E-state index contributed by atoms with van der Waals surface area (Å²) < 4.78 is 0. The standard InChI is InChI=1S/C13H17N5O2/c1-8-11(15-4-2-3-9(20)6-19)5-10-12(14)16-7-17-13(10)18-8/h4-5,7,9,19-20H,2-3,6H2,1H3,(H2,14,16,17,18)/t9-/m0/s1. The summed E-state index contributed by atoms with van der Waals surface area (Å²) in [7, 11) is 0. The first-order chi connectivity index (χ1) is 9.61. The number of aryl methyl sites for hydroxylation is 1. The quantitative estimate of drug-likeness (QED) is 0.693. The van der Waals surface area contributed by atoms with Crippen LogP contribution in [0.5, 0.6) is 0 Å². The number of aliphatic hydroxyl groups excluding tert-OH is 2. The Bertz CT molecular complexity index is 629. The van der Waals surface area contributed by atoms with E-state index >= 15 is 0 Å². The van der Waals surface area contributed by atoms with E-state index in [0.29, 0.717) is 35.4 Å². The van der Waals surface area contributed by atoms with E-state index < -0.39 is 6.10 Å². The second-order valence-electron chi connectivity index (χ2n) is 4.45. The largest absolute Gasteiger partial charge is 0.394 e. The van der Waals surface area contributed by atoms with Crippen LogP contribution >= 0.6 is 0 Å². The third kappa shape index (κ3) is 3.25. The molecule has 0 bridgehead atoms. The van der Waals surface area contributed by atoms with Crippen molar-refractivity contribution in [2.45, 2.75) is 25.9 Å². The zero-order chi connectivity index (χ0) is 14.5. The Morgan fingerprint density at radius 2 is 2.25 bits per heavy atom. The average molecular weight is 275 g/mol. The Labute approximate surface area is 116 Å². The molecule has 0 amide bonds. The number of nitrogens with zero attached hydrogens (tertiary/aromatic N) is 4. The van der Waals surface area contributed by atoms with Gasteiger partial charge in [0.05, 0.1) is 29.5 Å². The molecule has 0 saturated carbocycles. The number of fused-ring (bicyclic) bond motifs is 1. The molecule has 0 aliphatic heterocycles. The van der Waals surface area contributed by atoms with Crippen molar-refractivity contribution in [2.24, 2.45) is 4.99 Å². The summed E-state index contributed by atoms with van der Waals surface area (Å²) in [4.78, 5) is 16.6. The highest BCUT2D eigenvalue weighted by Crippen LogP contribution is 2.24. The maximum Gasteiger partial charge on any atom is 0.165 e. The lowest BCUT2D eigenvalue weighted by Gasteiger charge is -2.05. The fraction of sp³-hybridized carbons (Fsp3) is 0.385. The Hall–Kier alpha value is -2.12. The molecule has 0 aliphatic carbocycles. The summed E-state index contributed by atoms with van der Waals surface area (Å²) in [6.45, 7) is 1.60. The topological polar surface area (TPSA) is 118 Å². The van der Waals surface area contributed by atoms with Gasteiger partial charge in [0.1, 0.15) is 12.1 Å². The van der Waals surface area contributed by atoms with Gasteiger partial charge in [0.25, 0.3) is 0 Å². The number of aliphatic imine (C=N–C) groups is 1. The number of pyridine rings is 1. The van der Waals surface area contributed by atoms with Crippen LogP contribution < -0.4 is 5.73 Å². The molecule has 0 spiro atoms. The van der Waals surface area contributed by atoms with E-state index in [1.54, 1.807) is 12.3 Å². The summed E-state index contributed by atoms with van der Waals surface area (Å²) in [5.41, 5.74) is 7.77. The van der Waals surface area contributed by atoms with Crippen molar-refractivity contribution < 1.29 is 10.2 Å². The lowest BCUT2D eigenvalue weighted by atomic mass is 10.2. The smallest absolute Gasteiger partial charge is 0.165 e. The number of hydrogen-bond acceptors (Lipinski definition) is 7. The fourth-order valence-corrected chi connectivity index (χ4v) is 1.74.